The van der Waals surface area contributed by atoms with Crippen LogP contribution in [0.15, 0.2) is 60.7 Å². The summed E-state index contributed by atoms with van der Waals surface area (Å²) in [5.41, 5.74) is 0.798. The van der Waals surface area contributed by atoms with E-state index in [2.05, 4.69) is 86.6 Å². The maximum atomic E-state index is 2.41. The van der Waals surface area contributed by atoms with Crippen molar-refractivity contribution in [1.29, 1.82) is 0 Å². The van der Waals surface area contributed by atoms with Gasteiger partial charge in [0.05, 0.1) is 0 Å². The zero-order chi connectivity index (χ0) is 19.8. The summed E-state index contributed by atoms with van der Waals surface area (Å²) in [7, 11) is 4.18. The quantitative estimate of drug-likeness (QED) is 0.387. The first-order chi connectivity index (χ1) is 13.7. The zero-order valence-corrected chi connectivity index (χ0v) is 20.4. The molecular weight excluding hydrogens is 413 g/mol. The topological polar surface area (TPSA) is 3.24 Å². The van der Waals surface area contributed by atoms with Crippen LogP contribution in [-0.2, 0) is 17.1 Å². The van der Waals surface area contributed by atoms with Gasteiger partial charge >= 0.3 is 0 Å². The Morgan fingerprint density at radius 1 is 0.724 bits per heavy atom. The van der Waals surface area contributed by atoms with Gasteiger partial charge in [-0.3, -0.25) is 0 Å². The molecule has 29 heavy (non-hydrogen) atoms. The normalized spacial score (nSPS) is 22.1. The van der Waals surface area contributed by atoms with Gasteiger partial charge in [0, 0.05) is 23.1 Å². The summed E-state index contributed by atoms with van der Waals surface area (Å²) in [4.78, 5) is 2.41. The van der Waals surface area contributed by atoms with E-state index >= 15 is 0 Å². The summed E-state index contributed by atoms with van der Waals surface area (Å²) in [6.45, 7) is 2.41. The maximum Gasteiger partial charge on any atom is 0.00953 e. The van der Waals surface area contributed by atoms with Gasteiger partial charge in [-0.1, -0.05) is 99.2 Å². The molecule has 2 aliphatic carbocycles. The van der Waals surface area contributed by atoms with Crippen molar-refractivity contribution in [2.45, 2.75) is 70.0 Å². The average molecular weight is 451 g/mol. The first kappa shape index (κ1) is 24.6. The molecule has 160 valence electrons. The fourth-order valence-corrected chi connectivity index (χ4v) is 8.10. The molecule has 0 aliphatic heterocycles. The van der Waals surface area contributed by atoms with Gasteiger partial charge in [0.25, 0.3) is 0 Å². The number of benzene rings is 2. The number of nitrogens with zero attached hydrogens (tertiary/aromatic N) is 1. The maximum absolute atomic E-state index is 2.41. The van der Waals surface area contributed by atoms with Crippen LogP contribution in [0.4, 0.5) is 0 Å². The average Bonchev–Trinajstić information content (AvgIpc) is 3.45. The number of hydrogen-bond acceptors (Lipinski definition) is 1. The van der Waals surface area contributed by atoms with E-state index in [9.17, 15) is 0 Å². The van der Waals surface area contributed by atoms with Gasteiger partial charge in [-0.25, -0.2) is 0 Å². The van der Waals surface area contributed by atoms with Crippen LogP contribution in [0.2, 0.25) is 0 Å². The molecule has 0 heterocycles. The number of rotatable bonds is 5. The van der Waals surface area contributed by atoms with E-state index in [-0.39, 0.29) is 25.0 Å². The molecule has 4 rings (SSSR count). The molecule has 0 radical (unpaired) electrons. The minimum atomic E-state index is -0.275. The van der Waals surface area contributed by atoms with Gasteiger partial charge in [-0.05, 0) is 64.0 Å². The van der Waals surface area contributed by atoms with Crippen LogP contribution in [0.1, 0.15) is 58.3 Å². The van der Waals surface area contributed by atoms with E-state index < -0.39 is 0 Å². The third-order valence-corrected chi connectivity index (χ3v) is 9.63. The summed E-state index contributed by atoms with van der Waals surface area (Å²) < 4.78 is 0. The van der Waals surface area contributed by atoms with Crippen LogP contribution in [0.3, 0.4) is 0 Å². The minimum Gasteiger partial charge on any atom is -0.306 e. The van der Waals surface area contributed by atoms with Crippen LogP contribution >= 0.6 is 7.92 Å². The molecule has 0 saturated heterocycles. The molecular formula is C26H38FeNP. The molecule has 0 N–H and O–H groups in total. The molecule has 0 aromatic heterocycles. The van der Waals surface area contributed by atoms with E-state index in [1.807, 2.05) is 0 Å². The predicted molar refractivity (Wildman–Crippen MR) is 126 cm³/mol. The molecule has 3 heteroatoms. The molecule has 2 aromatic carbocycles. The molecule has 2 saturated carbocycles. The molecule has 3 atom stereocenters. The van der Waals surface area contributed by atoms with E-state index in [0.717, 1.165) is 11.6 Å². The van der Waals surface area contributed by atoms with Gasteiger partial charge in [-0.2, -0.15) is 0 Å². The van der Waals surface area contributed by atoms with Gasteiger partial charge in [0.15, 0.2) is 0 Å². The Kier molecular flexibility index (Phi) is 11.0. The van der Waals surface area contributed by atoms with Crippen LogP contribution in [-0.4, -0.2) is 30.7 Å². The molecule has 2 unspecified atom stereocenters. The van der Waals surface area contributed by atoms with E-state index in [4.69, 9.17) is 0 Å². The molecule has 0 bridgehead atoms. The van der Waals surface area contributed by atoms with Crippen LogP contribution < -0.4 is 10.6 Å². The Bertz CT molecular complexity index is 625. The fourth-order valence-electron chi connectivity index (χ4n) is 4.83. The Morgan fingerprint density at radius 2 is 1.17 bits per heavy atom. The Labute approximate surface area is 190 Å². The summed E-state index contributed by atoms with van der Waals surface area (Å²) >= 11 is 0. The Hall–Kier alpha value is -0.651. The van der Waals surface area contributed by atoms with Gasteiger partial charge in [0.2, 0.25) is 0 Å². The second-order valence-electron chi connectivity index (χ2n) is 8.68. The van der Waals surface area contributed by atoms with Gasteiger partial charge in [0.1, 0.15) is 0 Å². The summed E-state index contributed by atoms with van der Waals surface area (Å²) in [5, 5.41) is 3.08. The third-order valence-electron chi connectivity index (χ3n) is 6.62. The summed E-state index contributed by atoms with van der Waals surface area (Å²) in [6.07, 6.45) is 11.6. The van der Waals surface area contributed by atoms with Crippen LogP contribution in [0.25, 0.3) is 0 Å². The van der Waals surface area contributed by atoms with Crippen molar-refractivity contribution in [1.82, 2.24) is 4.90 Å². The monoisotopic (exact) mass is 451 g/mol. The molecule has 2 aromatic rings. The first-order valence-corrected chi connectivity index (χ1v) is 12.7. The molecule has 0 amide bonds. The van der Waals surface area contributed by atoms with Crippen molar-refractivity contribution >= 4 is 18.5 Å². The molecule has 2 fully saturated rings. The largest absolute Gasteiger partial charge is 0.306 e. The smallest absolute Gasteiger partial charge is 0.00953 e. The second-order valence-corrected chi connectivity index (χ2v) is 11.1. The zero-order valence-electron chi connectivity index (χ0n) is 18.4. The second kappa shape index (κ2) is 12.9. The minimum absolute atomic E-state index is 0. The summed E-state index contributed by atoms with van der Waals surface area (Å²) in [5.74, 6) is 0.802. The van der Waals surface area contributed by atoms with Crippen molar-refractivity contribution in [3.63, 3.8) is 0 Å². The van der Waals surface area contributed by atoms with Crippen molar-refractivity contribution in [3.05, 3.63) is 60.7 Å². The SMILES string of the molecule is C1CCCC1.C[C@@H](C1CCCC1P(c1ccccc1)c1ccccc1)N(C)C.[Fe]. The van der Waals surface area contributed by atoms with Crippen molar-refractivity contribution < 1.29 is 17.1 Å². The van der Waals surface area contributed by atoms with Crippen molar-refractivity contribution in [3.8, 4) is 0 Å². The Morgan fingerprint density at radius 3 is 1.59 bits per heavy atom. The molecule has 1 nitrogen and oxygen atoms in total. The standard InChI is InChI=1S/C21H28NP.C5H10.Fe/c1-17(22(2)3)20-15-10-16-21(20)23(18-11-6-4-7-12-18)19-13-8-5-9-14-19;1-2-4-5-3-1;/h4-9,11-14,17,20-21H,10,15-16H2,1-3H3;1-5H2;/t17-,20?,21?;;/m0../s1. The molecule has 2 aliphatic rings. The third kappa shape index (κ3) is 6.93. The van der Waals surface area contributed by atoms with Gasteiger partial charge < -0.3 is 4.90 Å². The number of hydrogen-bond donors (Lipinski definition) is 0. The van der Waals surface area contributed by atoms with E-state index in [1.54, 1.807) is 0 Å². The van der Waals surface area contributed by atoms with Crippen molar-refractivity contribution in [2.75, 3.05) is 14.1 Å². The van der Waals surface area contributed by atoms with Gasteiger partial charge in [-0.15, -0.1) is 0 Å². The van der Waals surface area contributed by atoms with Crippen molar-refractivity contribution in [2.24, 2.45) is 5.92 Å². The molecule has 0 spiro atoms. The van der Waals surface area contributed by atoms with Crippen LogP contribution in [0.5, 0.6) is 0 Å². The summed E-state index contributed by atoms with van der Waals surface area (Å²) in [6, 6.07) is 23.1. The first-order valence-electron chi connectivity index (χ1n) is 11.2. The predicted octanol–water partition coefficient (Wildman–Crippen LogP) is 6.19. The van der Waals surface area contributed by atoms with Crippen LogP contribution in [0, 0.1) is 5.92 Å². The fraction of sp³-hybridized carbons (Fsp3) is 0.538. The van der Waals surface area contributed by atoms with E-state index in [0.29, 0.717) is 6.04 Å². The van der Waals surface area contributed by atoms with E-state index in [1.165, 1.54) is 62.0 Å². The Balaban J connectivity index is 0.000000437.